The largest absolute Gasteiger partial charge is 0.377 e. The van der Waals surface area contributed by atoms with E-state index in [9.17, 15) is 10.1 Å². The molecule has 3 N–H and O–H groups in total. The fraction of sp³-hybridized carbons (Fsp3) is 0.571. The van der Waals surface area contributed by atoms with Gasteiger partial charge in [-0.2, -0.15) is 0 Å². The van der Waals surface area contributed by atoms with Crippen molar-refractivity contribution in [3.05, 3.63) is 33.9 Å². The van der Waals surface area contributed by atoms with Crippen LogP contribution in [0.3, 0.4) is 0 Å². The molecular formula is C14H21N3O2. The van der Waals surface area contributed by atoms with E-state index in [1.807, 2.05) is 6.07 Å². The van der Waals surface area contributed by atoms with Crippen LogP contribution in [0.5, 0.6) is 0 Å². The van der Waals surface area contributed by atoms with Crippen LogP contribution in [0.15, 0.2) is 18.2 Å². The summed E-state index contributed by atoms with van der Waals surface area (Å²) in [5.41, 5.74) is 7.07. The summed E-state index contributed by atoms with van der Waals surface area (Å²) in [5.74, 6) is 0. The number of hydrogen-bond acceptors (Lipinski definition) is 4. The molecule has 0 aromatic heterocycles. The monoisotopic (exact) mass is 263 g/mol. The number of benzene rings is 1. The first kappa shape index (κ1) is 13.8. The lowest BCUT2D eigenvalue weighted by Gasteiger charge is -2.17. The quantitative estimate of drug-likeness (QED) is 0.496. The minimum absolute atomic E-state index is 0.132. The summed E-state index contributed by atoms with van der Waals surface area (Å²) in [4.78, 5) is 10.8. The number of hydrogen-bond donors (Lipinski definition) is 2. The molecule has 0 heterocycles. The van der Waals surface area contributed by atoms with Crippen LogP contribution < -0.4 is 11.1 Å². The molecule has 1 aromatic carbocycles. The van der Waals surface area contributed by atoms with Gasteiger partial charge < -0.3 is 11.1 Å². The van der Waals surface area contributed by atoms with Crippen LogP contribution in [0.4, 0.5) is 11.4 Å². The summed E-state index contributed by atoms with van der Waals surface area (Å²) in [6, 6.07) is 5.56. The van der Waals surface area contributed by atoms with Gasteiger partial charge in [0.2, 0.25) is 0 Å². The zero-order valence-electron chi connectivity index (χ0n) is 11.1. The van der Waals surface area contributed by atoms with E-state index in [-0.39, 0.29) is 10.6 Å². The molecule has 0 atom stereocenters. The highest BCUT2D eigenvalue weighted by Crippen LogP contribution is 2.28. The Kier molecular flexibility index (Phi) is 4.74. The Balaban J connectivity index is 2.16. The van der Waals surface area contributed by atoms with Crippen LogP contribution in [-0.2, 0) is 6.54 Å². The van der Waals surface area contributed by atoms with E-state index in [2.05, 4.69) is 5.32 Å². The van der Waals surface area contributed by atoms with Gasteiger partial charge in [-0.3, -0.25) is 10.1 Å². The fourth-order valence-electron chi connectivity index (χ4n) is 2.62. The van der Waals surface area contributed by atoms with Crippen LogP contribution in [0.1, 0.15) is 44.1 Å². The van der Waals surface area contributed by atoms with Gasteiger partial charge in [0.05, 0.1) is 4.92 Å². The average molecular weight is 263 g/mol. The molecule has 2 rings (SSSR count). The van der Waals surface area contributed by atoms with E-state index in [1.54, 1.807) is 12.1 Å². The van der Waals surface area contributed by atoms with Crippen molar-refractivity contribution in [2.24, 2.45) is 5.73 Å². The zero-order valence-corrected chi connectivity index (χ0v) is 11.1. The summed E-state index contributed by atoms with van der Waals surface area (Å²) in [6.07, 6.45) is 7.13. The Bertz CT molecular complexity index is 440. The lowest BCUT2D eigenvalue weighted by Crippen LogP contribution is -2.19. The maximum Gasteiger partial charge on any atom is 0.292 e. The van der Waals surface area contributed by atoms with Gasteiger partial charge in [-0.05, 0) is 24.5 Å². The third kappa shape index (κ3) is 3.67. The van der Waals surface area contributed by atoms with Crippen molar-refractivity contribution in [2.45, 2.75) is 51.1 Å². The summed E-state index contributed by atoms with van der Waals surface area (Å²) >= 11 is 0. The maximum absolute atomic E-state index is 11.1. The van der Waals surface area contributed by atoms with Crippen molar-refractivity contribution in [1.82, 2.24) is 0 Å². The molecule has 1 aliphatic rings. The topological polar surface area (TPSA) is 81.2 Å². The number of anilines is 1. The Morgan fingerprint density at radius 1 is 1.26 bits per heavy atom. The SMILES string of the molecule is NCc1ccc(NC2CCCCCC2)c([N+](=O)[O-])c1. The molecule has 0 amide bonds. The highest BCUT2D eigenvalue weighted by atomic mass is 16.6. The summed E-state index contributed by atoms with van der Waals surface area (Å²) in [5, 5.41) is 14.5. The minimum atomic E-state index is -0.335. The average Bonchev–Trinajstić information content (AvgIpc) is 2.67. The molecule has 1 saturated carbocycles. The first-order valence-corrected chi connectivity index (χ1v) is 6.94. The Labute approximate surface area is 113 Å². The zero-order chi connectivity index (χ0) is 13.7. The number of nitro groups is 1. The van der Waals surface area contributed by atoms with Gasteiger partial charge in [0, 0.05) is 18.7 Å². The third-order valence-corrected chi connectivity index (χ3v) is 3.71. The smallest absolute Gasteiger partial charge is 0.292 e. The van der Waals surface area contributed by atoms with E-state index < -0.39 is 0 Å². The molecule has 1 aromatic rings. The van der Waals surface area contributed by atoms with E-state index in [4.69, 9.17) is 5.73 Å². The Morgan fingerprint density at radius 3 is 2.53 bits per heavy atom. The number of rotatable bonds is 4. The van der Waals surface area contributed by atoms with Crippen molar-refractivity contribution in [1.29, 1.82) is 0 Å². The van der Waals surface area contributed by atoms with E-state index >= 15 is 0 Å². The number of nitrogens with zero attached hydrogens (tertiary/aromatic N) is 1. The molecule has 0 spiro atoms. The number of nitro benzene ring substituents is 1. The van der Waals surface area contributed by atoms with Gasteiger partial charge >= 0.3 is 0 Å². The van der Waals surface area contributed by atoms with Gasteiger partial charge in [-0.1, -0.05) is 31.7 Å². The van der Waals surface area contributed by atoms with Gasteiger partial charge in [-0.15, -0.1) is 0 Å². The maximum atomic E-state index is 11.1. The van der Waals surface area contributed by atoms with Crippen molar-refractivity contribution in [3.63, 3.8) is 0 Å². The van der Waals surface area contributed by atoms with Crippen LogP contribution in [0.25, 0.3) is 0 Å². The van der Waals surface area contributed by atoms with E-state index in [1.165, 1.54) is 25.7 Å². The Morgan fingerprint density at radius 2 is 1.95 bits per heavy atom. The van der Waals surface area contributed by atoms with E-state index in [0.29, 0.717) is 18.3 Å². The van der Waals surface area contributed by atoms with Gasteiger partial charge in [0.25, 0.3) is 5.69 Å². The molecular weight excluding hydrogens is 242 g/mol. The predicted molar refractivity (Wildman–Crippen MR) is 76.1 cm³/mol. The highest BCUT2D eigenvalue weighted by Gasteiger charge is 2.18. The van der Waals surface area contributed by atoms with Crippen LogP contribution in [0, 0.1) is 10.1 Å². The normalized spacial score (nSPS) is 16.9. The molecule has 104 valence electrons. The molecule has 0 unspecified atom stereocenters. The molecule has 0 radical (unpaired) electrons. The van der Waals surface area contributed by atoms with Crippen molar-refractivity contribution < 1.29 is 4.92 Å². The highest BCUT2D eigenvalue weighted by molar-refractivity contribution is 5.63. The second-order valence-corrected chi connectivity index (χ2v) is 5.15. The minimum Gasteiger partial charge on any atom is -0.377 e. The molecule has 5 nitrogen and oxygen atoms in total. The van der Waals surface area contributed by atoms with Crippen LogP contribution in [0.2, 0.25) is 0 Å². The molecule has 0 bridgehead atoms. The number of nitrogens with two attached hydrogens (primary N) is 1. The van der Waals surface area contributed by atoms with Crippen LogP contribution in [-0.4, -0.2) is 11.0 Å². The molecule has 5 heteroatoms. The lowest BCUT2D eigenvalue weighted by atomic mass is 10.1. The van der Waals surface area contributed by atoms with Crippen molar-refractivity contribution >= 4 is 11.4 Å². The molecule has 19 heavy (non-hydrogen) atoms. The van der Waals surface area contributed by atoms with Crippen LogP contribution >= 0.6 is 0 Å². The predicted octanol–water partition coefficient (Wildman–Crippen LogP) is 3.19. The van der Waals surface area contributed by atoms with Crippen molar-refractivity contribution in [3.8, 4) is 0 Å². The Hall–Kier alpha value is -1.62. The fourth-order valence-corrected chi connectivity index (χ4v) is 2.62. The van der Waals surface area contributed by atoms with Gasteiger partial charge in [-0.25, -0.2) is 0 Å². The molecule has 1 fully saturated rings. The standard InChI is InChI=1S/C14H21N3O2/c15-10-11-7-8-13(14(9-11)17(18)19)16-12-5-3-1-2-4-6-12/h7-9,12,16H,1-6,10,15H2. The third-order valence-electron chi connectivity index (χ3n) is 3.71. The lowest BCUT2D eigenvalue weighted by molar-refractivity contribution is -0.384. The number of nitrogens with one attached hydrogen (secondary N) is 1. The van der Waals surface area contributed by atoms with Gasteiger partial charge in [0.1, 0.15) is 5.69 Å². The first-order chi connectivity index (χ1) is 9.20. The van der Waals surface area contributed by atoms with Crippen molar-refractivity contribution in [2.75, 3.05) is 5.32 Å². The molecule has 1 aliphatic carbocycles. The summed E-state index contributed by atoms with van der Waals surface area (Å²) < 4.78 is 0. The molecule has 0 saturated heterocycles. The first-order valence-electron chi connectivity index (χ1n) is 6.94. The summed E-state index contributed by atoms with van der Waals surface area (Å²) in [6.45, 7) is 0.324. The van der Waals surface area contributed by atoms with Gasteiger partial charge in [0.15, 0.2) is 0 Å². The van der Waals surface area contributed by atoms with E-state index in [0.717, 1.165) is 18.4 Å². The summed E-state index contributed by atoms with van der Waals surface area (Å²) in [7, 11) is 0. The second-order valence-electron chi connectivity index (χ2n) is 5.15. The second kappa shape index (κ2) is 6.52. The molecule has 0 aliphatic heterocycles.